The molecule has 2 aromatic rings. The Morgan fingerprint density at radius 2 is 1.90 bits per heavy atom. The molecule has 212 valence electrons. The normalized spacial score (nSPS) is 23.8. The van der Waals surface area contributed by atoms with Gasteiger partial charge in [-0.1, -0.05) is 0 Å². The maximum absolute atomic E-state index is 15.6. The average molecular weight is 543 g/mol. The van der Waals surface area contributed by atoms with Gasteiger partial charge in [0.05, 0.1) is 17.9 Å². The Labute approximate surface area is 228 Å². The lowest BCUT2D eigenvalue weighted by atomic mass is 9.94. The second-order valence-corrected chi connectivity index (χ2v) is 12.1. The van der Waals surface area contributed by atoms with Crippen molar-refractivity contribution in [2.45, 2.75) is 71.2 Å². The van der Waals surface area contributed by atoms with Crippen molar-refractivity contribution in [3.8, 4) is 0 Å². The number of rotatable bonds is 4. The zero-order valence-corrected chi connectivity index (χ0v) is 23.3. The first-order valence-electron chi connectivity index (χ1n) is 13.9. The molecule has 0 spiro atoms. The highest BCUT2D eigenvalue weighted by atomic mass is 19.1. The summed E-state index contributed by atoms with van der Waals surface area (Å²) < 4.78 is 23.1. The van der Waals surface area contributed by atoms with Crippen LogP contribution in [0.4, 0.5) is 19.7 Å². The molecule has 0 unspecified atom stereocenters. The van der Waals surface area contributed by atoms with Crippen LogP contribution < -0.4 is 10.2 Å². The number of nitrogens with one attached hydrogen (secondary N) is 1. The number of likely N-dealkylation sites (tertiary alicyclic amines) is 2. The summed E-state index contributed by atoms with van der Waals surface area (Å²) in [4.78, 5) is 46.3. The molecule has 2 atom stereocenters. The van der Waals surface area contributed by atoms with Crippen molar-refractivity contribution in [3.05, 3.63) is 24.0 Å². The smallest absolute Gasteiger partial charge is 0.410 e. The first kappa shape index (κ1) is 27.4. The number of anilines is 1. The number of amides is 4. The number of hydrogen-bond acceptors (Lipinski definition) is 6. The number of aryl methyl sites for hydroxylation is 1. The molecule has 1 N–H and O–H groups in total. The number of piperidine rings is 2. The lowest BCUT2D eigenvalue weighted by Crippen LogP contribution is -2.49. The summed E-state index contributed by atoms with van der Waals surface area (Å²) in [5.41, 5.74) is 1.80. The maximum atomic E-state index is 15.6. The molecule has 0 saturated carbocycles. The molecule has 0 aromatic carbocycles. The second-order valence-electron chi connectivity index (χ2n) is 12.1. The van der Waals surface area contributed by atoms with E-state index in [-0.39, 0.29) is 24.5 Å². The molecule has 10 nitrogen and oxygen atoms in total. The molecule has 5 heterocycles. The summed E-state index contributed by atoms with van der Waals surface area (Å²) in [6.07, 6.45) is 5.02. The Bertz CT molecular complexity index is 1250. The quantitative estimate of drug-likeness (QED) is 0.627. The van der Waals surface area contributed by atoms with Crippen LogP contribution in [0.5, 0.6) is 0 Å². The molecule has 3 saturated heterocycles. The summed E-state index contributed by atoms with van der Waals surface area (Å²) >= 11 is 0. The third-order valence-corrected chi connectivity index (χ3v) is 7.95. The number of aromatic nitrogens is 2. The summed E-state index contributed by atoms with van der Waals surface area (Å²) in [5, 5.41) is 3.22. The molecular weight excluding hydrogens is 503 g/mol. The topological polar surface area (TPSA) is 100 Å². The number of nitrogens with zero attached hydrogens (tertiary/aromatic N) is 5. The third kappa shape index (κ3) is 6.03. The Kier molecular flexibility index (Phi) is 7.54. The fourth-order valence-corrected chi connectivity index (χ4v) is 5.92. The monoisotopic (exact) mass is 542 g/mol. The lowest BCUT2D eigenvalue weighted by Gasteiger charge is -2.39. The minimum atomic E-state index is -1.03. The van der Waals surface area contributed by atoms with E-state index in [0.29, 0.717) is 49.9 Å². The van der Waals surface area contributed by atoms with E-state index in [2.05, 4.69) is 15.2 Å². The van der Waals surface area contributed by atoms with E-state index >= 15 is 4.39 Å². The van der Waals surface area contributed by atoms with Crippen LogP contribution in [0.25, 0.3) is 11.0 Å². The van der Waals surface area contributed by atoms with Crippen LogP contribution >= 0.6 is 0 Å². The van der Waals surface area contributed by atoms with Gasteiger partial charge in [-0.05, 0) is 64.5 Å². The zero-order valence-electron chi connectivity index (χ0n) is 23.3. The third-order valence-electron chi connectivity index (χ3n) is 7.95. The van der Waals surface area contributed by atoms with Crippen LogP contribution in [0.1, 0.15) is 58.1 Å². The molecule has 0 bridgehead atoms. The van der Waals surface area contributed by atoms with Gasteiger partial charge in [0, 0.05) is 57.3 Å². The summed E-state index contributed by atoms with van der Waals surface area (Å²) in [6.45, 7) is 11.3. The fraction of sp³-hybridized carbons (Fsp3) is 0.643. The Balaban J connectivity index is 1.19. The van der Waals surface area contributed by atoms with Crippen molar-refractivity contribution in [3.63, 3.8) is 0 Å². The van der Waals surface area contributed by atoms with Gasteiger partial charge in [0.15, 0.2) is 0 Å². The highest BCUT2D eigenvalue weighted by Crippen LogP contribution is 2.33. The van der Waals surface area contributed by atoms with Gasteiger partial charge in [-0.15, -0.1) is 0 Å². The Morgan fingerprint density at radius 3 is 2.56 bits per heavy atom. The van der Waals surface area contributed by atoms with Gasteiger partial charge in [0.25, 0.3) is 0 Å². The molecule has 4 amide bonds. The van der Waals surface area contributed by atoms with Gasteiger partial charge >= 0.3 is 12.1 Å². The molecule has 0 radical (unpaired) electrons. The van der Waals surface area contributed by atoms with Crippen molar-refractivity contribution in [1.82, 2.24) is 24.7 Å². The number of pyridine rings is 1. The van der Waals surface area contributed by atoms with Gasteiger partial charge in [-0.3, -0.25) is 15.0 Å². The van der Waals surface area contributed by atoms with Crippen LogP contribution in [0.3, 0.4) is 0 Å². The SMILES string of the molecule is Cc1cn([C@@H]2CCN(CC3CCN(C(=O)OC(C)(C)C)CC3)C[C@@H]2F)c2ncc(N3CCC(=O)NC3=O)cc12. The number of carbonyl (C=O) groups excluding carboxylic acids is 3. The molecule has 3 fully saturated rings. The second kappa shape index (κ2) is 10.7. The highest BCUT2D eigenvalue weighted by Gasteiger charge is 2.34. The van der Waals surface area contributed by atoms with Gasteiger partial charge in [0.1, 0.15) is 17.4 Å². The van der Waals surface area contributed by atoms with Crippen LogP contribution in [0, 0.1) is 12.8 Å². The highest BCUT2D eigenvalue weighted by molar-refractivity contribution is 6.06. The van der Waals surface area contributed by atoms with Crippen molar-refractivity contribution in [1.29, 1.82) is 0 Å². The van der Waals surface area contributed by atoms with Crippen molar-refractivity contribution in [2.75, 3.05) is 44.2 Å². The van der Waals surface area contributed by atoms with Gasteiger partial charge < -0.3 is 19.1 Å². The van der Waals surface area contributed by atoms with E-state index in [9.17, 15) is 14.4 Å². The number of hydrogen-bond donors (Lipinski definition) is 1. The van der Waals surface area contributed by atoms with E-state index in [1.807, 2.05) is 44.5 Å². The van der Waals surface area contributed by atoms with Crippen LogP contribution in [-0.4, -0.2) is 88.4 Å². The fourth-order valence-electron chi connectivity index (χ4n) is 5.92. The average Bonchev–Trinajstić information content (AvgIpc) is 3.19. The number of urea groups is 1. The first-order valence-corrected chi connectivity index (χ1v) is 13.9. The van der Waals surface area contributed by atoms with Crippen molar-refractivity contribution >= 4 is 34.8 Å². The van der Waals surface area contributed by atoms with Gasteiger partial charge in [0.2, 0.25) is 5.91 Å². The Hall–Kier alpha value is -3.21. The van der Waals surface area contributed by atoms with E-state index in [1.165, 1.54) is 4.90 Å². The largest absolute Gasteiger partial charge is 0.444 e. The number of halogens is 1. The standard InChI is InChI=1S/C28H39FN6O4/c1-18-15-35(25-21(18)13-20(14-30-25)34-12-8-24(36)31-26(34)37)23-7-9-32(17-22(23)29)16-19-5-10-33(11-6-19)27(38)39-28(2,3)4/h13-15,19,22-23H,5-12,16-17H2,1-4H3,(H,31,36,37)/t22-,23+/m0/s1. The summed E-state index contributed by atoms with van der Waals surface area (Å²) in [5.74, 6) is 0.156. The molecule has 5 rings (SSSR count). The van der Waals surface area contributed by atoms with E-state index in [0.717, 1.165) is 36.9 Å². The molecule has 3 aliphatic rings. The first-order chi connectivity index (χ1) is 18.5. The number of carbonyl (C=O) groups is 3. The van der Waals surface area contributed by atoms with E-state index in [4.69, 9.17) is 4.74 Å². The lowest BCUT2D eigenvalue weighted by molar-refractivity contribution is -0.120. The minimum absolute atomic E-state index is 0.245. The molecule has 11 heteroatoms. The van der Waals surface area contributed by atoms with Crippen molar-refractivity contribution < 1.29 is 23.5 Å². The van der Waals surface area contributed by atoms with Gasteiger partial charge in [-0.2, -0.15) is 0 Å². The number of ether oxygens (including phenoxy) is 1. The van der Waals surface area contributed by atoms with Crippen LogP contribution in [0.2, 0.25) is 0 Å². The van der Waals surface area contributed by atoms with Crippen LogP contribution in [-0.2, 0) is 9.53 Å². The van der Waals surface area contributed by atoms with Crippen molar-refractivity contribution in [2.24, 2.45) is 5.92 Å². The molecule has 2 aromatic heterocycles. The van der Waals surface area contributed by atoms with E-state index in [1.54, 1.807) is 11.1 Å². The minimum Gasteiger partial charge on any atom is -0.444 e. The summed E-state index contributed by atoms with van der Waals surface area (Å²) in [6, 6.07) is 1.15. The summed E-state index contributed by atoms with van der Waals surface area (Å²) in [7, 11) is 0. The molecular formula is C28H39FN6O4. The molecule has 0 aliphatic carbocycles. The molecule has 3 aliphatic heterocycles. The number of alkyl halides is 1. The number of fused-ring (bicyclic) bond motifs is 1. The van der Waals surface area contributed by atoms with Gasteiger partial charge in [-0.25, -0.2) is 19.0 Å². The maximum Gasteiger partial charge on any atom is 0.410 e. The Morgan fingerprint density at radius 1 is 1.15 bits per heavy atom. The number of imide groups is 1. The van der Waals surface area contributed by atoms with E-state index < -0.39 is 17.8 Å². The predicted molar refractivity (Wildman–Crippen MR) is 145 cm³/mol. The molecule has 39 heavy (non-hydrogen) atoms. The predicted octanol–water partition coefficient (Wildman–Crippen LogP) is 4.02. The van der Waals surface area contributed by atoms with Crippen LogP contribution in [0.15, 0.2) is 18.5 Å². The zero-order chi connectivity index (χ0) is 27.9.